The highest BCUT2D eigenvalue weighted by atomic mass is 19.1. The third-order valence-electron chi connectivity index (χ3n) is 3.87. The van der Waals surface area contributed by atoms with Crippen LogP contribution in [-0.4, -0.2) is 10.1 Å². The number of nitrogens with zero attached hydrogens (tertiary/aromatic N) is 2. The molecule has 1 aliphatic rings. The largest absolute Gasteiger partial charge is 0.398 e. The normalized spacial score (nSPS) is 16.3. The van der Waals surface area contributed by atoms with Gasteiger partial charge in [0, 0.05) is 5.69 Å². The van der Waals surface area contributed by atoms with Gasteiger partial charge in [-0.05, 0) is 29.7 Å². The van der Waals surface area contributed by atoms with E-state index < -0.39 is 5.82 Å². The van der Waals surface area contributed by atoms with Crippen molar-refractivity contribution < 1.29 is 8.91 Å². The molecule has 1 aromatic heterocycles. The van der Waals surface area contributed by atoms with E-state index in [0.717, 1.165) is 6.42 Å². The van der Waals surface area contributed by atoms with E-state index in [2.05, 4.69) is 22.3 Å². The Balaban J connectivity index is 1.72. The van der Waals surface area contributed by atoms with Crippen molar-refractivity contribution in [3.05, 3.63) is 65.2 Å². The fourth-order valence-electron chi connectivity index (χ4n) is 2.73. The number of nitrogens with two attached hydrogens (primary N) is 1. The lowest BCUT2D eigenvalue weighted by Crippen LogP contribution is -2.19. The Morgan fingerprint density at radius 2 is 2.00 bits per heavy atom. The molecule has 0 aliphatic heterocycles. The quantitative estimate of drug-likeness (QED) is 0.733. The Labute approximate surface area is 120 Å². The number of hydrogen-bond donors (Lipinski definition) is 1. The van der Waals surface area contributed by atoms with Crippen molar-refractivity contribution in [1.29, 1.82) is 0 Å². The van der Waals surface area contributed by atoms with Gasteiger partial charge in [0.1, 0.15) is 5.82 Å². The third kappa shape index (κ3) is 1.81. The zero-order chi connectivity index (χ0) is 14.4. The molecule has 5 heteroatoms. The molecule has 4 nitrogen and oxygen atoms in total. The number of halogens is 1. The van der Waals surface area contributed by atoms with Crippen LogP contribution < -0.4 is 5.73 Å². The van der Waals surface area contributed by atoms with Gasteiger partial charge in [0.25, 0.3) is 5.89 Å². The second-order valence-electron chi connectivity index (χ2n) is 5.12. The van der Waals surface area contributed by atoms with E-state index in [1.165, 1.54) is 17.2 Å². The van der Waals surface area contributed by atoms with Gasteiger partial charge in [0.2, 0.25) is 0 Å². The van der Waals surface area contributed by atoms with E-state index in [1.807, 2.05) is 12.1 Å². The molecule has 0 fully saturated rings. The van der Waals surface area contributed by atoms with Crippen LogP contribution in [-0.2, 0) is 6.42 Å². The minimum Gasteiger partial charge on any atom is -0.398 e. The van der Waals surface area contributed by atoms with Gasteiger partial charge in [-0.25, -0.2) is 4.39 Å². The first-order valence-corrected chi connectivity index (χ1v) is 6.70. The maximum atomic E-state index is 13.9. The third-order valence-corrected chi connectivity index (χ3v) is 3.87. The summed E-state index contributed by atoms with van der Waals surface area (Å²) in [5, 5.41) is 3.99. The lowest BCUT2D eigenvalue weighted by Gasteiger charge is -2.27. The van der Waals surface area contributed by atoms with Gasteiger partial charge in [-0.15, -0.1) is 0 Å². The predicted octanol–water partition coefficient (Wildman–Crippen LogP) is 3.15. The van der Waals surface area contributed by atoms with Crippen LogP contribution in [0.5, 0.6) is 0 Å². The SMILES string of the molecule is Nc1cccc(F)c1-c1nc(C2Cc3ccccc32)no1. The van der Waals surface area contributed by atoms with Gasteiger partial charge in [0.15, 0.2) is 5.82 Å². The summed E-state index contributed by atoms with van der Waals surface area (Å²) in [7, 11) is 0. The lowest BCUT2D eigenvalue weighted by molar-refractivity contribution is 0.414. The van der Waals surface area contributed by atoms with Crippen LogP contribution in [0.25, 0.3) is 11.5 Å². The molecule has 0 saturated carbocycles. The van der Waals surface area contributed by atoms with Crippen molar-refractivity contribution in [3.8, 4) is 11.5 Å². The average Bonchev–Trinajstić information content (AvgIpc) is 2.89. The van der Waals surface area contributed by atoms with Gasteiger partial charge in [-0.2, -0.15) is 4.98 Å². The molecule has 1 unspecified atom stereocenters. The predicted molar refractivity (Wildman–Crippen MR) is 76.1 cm³/mol. The van der Waals surface area contributed by atoms with Crippen molar-refractivity contribution in [3.63, 3.8) is 0 Å². The maximum Gasteiger partial charge on any atom is 0.263 e. The van der Waals surface area contributed by atoms with E-state index in [1.54, 1.807) is 12.1 Å². The first-order chi connectivity index (χ1) is 10.2. The second-order valence-corrected chi connectivity index (χ2v) is 5.12. The smallest absolute Gasteiger partial charge is 0.263 e. The molecule has 21 heavy (non-hydrogen) atoms. The molecule has 0 amide bonds. The molecular weight excluding hydrogens is 269 g/mol. The molecule has 0 spiro atoms. The molecule has 1 atom stereocenters. The molecule has 104 valence electrons. The minimum atomic E-state index is -0.459. The molecule has 4 rings (SSSR count). The molecule has 0 bridgehead atoms. The summed E-state index contributed by atoms with van der Waals surface area (Å²) >= 11 is 0. The highest BCUT2D eigenvalue weighted by molar-refractivity contribution is 5.70. The molecule has 2 aromatic carbocycles. The molecule has 2 N–H and O–H groups in total. The number of aromatic nitrogens is 2. The van der Waals surface area contributed by atoms with Crippen LogP contribution in [0.1, 0.15) is 22.9 Å². The van der Waals surface area contributed by atoms with E-state index in [4.69, 9.17) is 10.3 Å². The summed E-state index contributed by atoms with van der Waals surface area (Å²) in [6, 6.07) is 12.6. The number of fused-ring (bicyclic) bond motifs is 1. The van der Waals surface area contributed by atoms with Crippen molar-refractivity contribution in [1.82, 2.24) is 10.1 Å². The van der Waals surface area contributed by atoms with E-state index >= 15 is 0 Å². The summed E-state index contributed by atoms with van der Waals surface area (Å²) in [4.78, 5) is 4.33. The Hall–Kier alpha value is -2.69. The lowest BCUT2D eigenvalue weighted by atomic mass is 9.77. The maximum absolute atomic E-state index is 13.9. The average molecular weight is 281 g/mol. The summed E-state index contributed by atoms with van der Waals surface area (Å²) in [5.41, 5.74) is 8.75. The van der Waals surface area contributed by atoms with Crippen molar-refractivity contribution >= 4 is 5.69 Å². The van der Waals surface area contributed by atoms with Gasteiger partial charge < -0.3 is 10.3 Å². The fraction of sp³-hybridized carbons (Fsp3) is 0.125. The molecule has 1 aliphatic carbocycles. The highest BCUT2D eigenvalue weighted by Gasteiger charge is 2.31. The summed E-state index contributed by atoms with van der Waals surface area (Å²) in [5.74, 6) is 0.363. The Morgan fingerprint density at radius 1 is 1.14 bits per heavy atom. The summed E-state index contributed by atoms with van der Waals surface area (Å²) < 4.78 is 19.1. The molecule has 0 radical (unpaired) electrons. The second kappa shape index (κ2) is 4.41. The van der Waals surface area contributed by atoms with E-state index in [0.29, 0.717) is 11.5 Å². The molecule has 1 heterocycles. The Morgan fingerprint density at radius 3 is 2.81 bits per heavy atom. The van der Waals surface area contributed by atoms with Crippen molar-refractivity contribution in [2.75, 3.05) is 5.73 Å². The van der Waals surface area contributed by atoms with E-state index in [9.17, 15) is 4.39 Å². The van der Waals surface area contributed by atoms with Crippen LogP contribution in [0, 0.1) is 5.82 Å². The standard InChI is InChI=1S/C16H12FN3O/c17-12-6-3-7-13(18)14(12)16-19-15(20-21-16)11-8-9-4-1-2-5-10(9)11/h1-7,11H,8,18H2. The van der Waals surface area contributed by atoms with Gasteiger partial charge in [-0.3, -0.25) is 0 Å². The number of nitrogen functional groups attached to an aromatic ring is 1. The van der Waals surface area contributed by atoms with Gasteiger partial charge in [0.05, 0.1) is 11.5 Å². The zero-order valence-electron chi connectivity index (χ0n) is 11.1. The van der Waals surface area contributed by atoms with Crippen LogP contribution in [0.4, 0.5) is 10.1 Å². The van der Waals surface area contributed by atoms with Gasteiger partial charge in [-0.1, -0.05) is 35.5 Å². The Bertz CT molecular complexity index is 808. The van der Waals surface area contributed by atoms with Gasteiger partial charge >= 0.3 is 0 Å². The first kappa shape index (κ1) is 12.1. The Kier molecular flexibility index (Phi) is 2.54. The molecule has 3 aromatic rings. The first-order valence-electron chi connectivity index (χ1n) is 6.70. The minimum absolute atomic E-state index is 0.117. The van der Waals surface area contributed by atoms with Crippen LogP contribution in [0.2, 0.25) is 0 Å². The van der Waals surface area contributed by atoms with Crippen LogP contribution >= 0.6 is 0 Å². The van der Waals surface area contributed by atoms with Crippen LogP contribution in [0.3, 0.4) is 0 Å². The number of hydrogen-bond acceptors (Lipinski definition) is 4. The summed E-state index contributed by atoms with van der Waals surface area (Å²) in [6.45, 7) is 0. The van der Waals surface area contributed by atoms with Crippen molar-refractivity contribution in [2.45, 2.75) is 12.3 Å². The summed E-state index contributed by atoms with van der Waals surface area (Å²) in [6.07, 6.45) is 0.877. The number of anilines is 1. The topological polar surface area (TPSA) is 64.9 Å². The molecular formula is C16H12FN3O. The highest BCUT2D eigenvalue weighted by Crippen LogP contribution is 2.39. The fourth-order valence-corrected chi connectivity index (χ4v) is 2.73. The zero-order valence-corrected chi connectivity index (χ0v) is 11.1. The number of benzene rings is 2. The van der Waals surface area contributed by atoms with Crippen LogP contribution in [0.15, 0.2) is 47.0 Å². The monoisotopic (exact) mass is 281 g/mol. The van der Waals surface area contributed by atoms with Crippen molar-refractivity contribution in [2.24, 2.45) is 0 Å². The molecule has 0 saturated heterocycles. The van der Waals surface area contributed by atoms with E-state index in [-0.39, 0.29) is 17.4 Å². The number of rotatable bonds is 2.